The molecule has 0 saturated carbocycles. The lowest BCUT2D eigenvalue weighted by Crippen LogP contribution is -2.28. The highest BCUT2D eigenvalue weighted by atomic mass is 32.1. The number of fused-ring (bicyclic) bond motifs is 1. The lowest BCUT2D eigenvalue weighted by Gasteiger charge is -2.22. The van der Waals surface area contributed by atoms with E-state index in [1.165, 1.54) is 64.3 Å². The Labute approximate surface area is 218 Å². The molecule has 5 nitrogen and oxygen atoms in total. The van der Waals surface area contributed by atoms with Crippen LogP contribution < -0.4 is 10.1 Å². The Hall–Kier alpha value is -2.25. The minimum Gasteiger partial charge on any atom is -0.493 e. The smallest absolute Gasteiger partial charge is 0.124 e. The van der Waals surface area contributed by atoms with Gasteiger partial charge in [-0.15, -0.1) is 11.3 Å². The van der Waals surface area contributed by atoms with E-state index < -0.39 is 0 Å². The molecular formula is C30H37N3O2S. The quantitative estimate of drug-likeness (QED) is 0.424. The van der Waals surface area contributed by atoms with Crippen molar-refractivity contribution >= 4 is 11.3 Å². The largest absolute Gasteiger partial charge is 0.493 e. The maximum Gasteiger partial charge on any atom is 0.124 e. The average molecular weight is 504 g/mol. The van der Waals surface area contributed by atoms with Crippen molar-refractivity contribution in [1.82, 2.24) is 15.2 Å². The van der Waals surface area contributed by atoms with Crippen molar-refractivity contribution in [2.75, 3.05) is 46.0 Å². The average Bonchev–Trinajstić information content (AvgIpc) is 3.63. The molecule has 0 aliphatic carbocycles. The summed E-state index contributed by atoms with van der Waals surface area (Å²) in [7, 11) is 0. The lowest BCUT2D eigenvalue weighted by atomic mass is 9.87. The van der Waals surface area contributed by atoms with E-state index in [1.807, 2.05) is 11.3 Å². The molecule has 0 bridgehead atoms. The van der Waals surface area contributed by atoms with Crippen LogP contribution in [0.2, 0.25) is 0 Å². The molecule has 0 radical (unpaired) electrons. The number of benzene rings is 2. The molecule has 1 aromatic heterocycles. The van der Waals surface area contributed by atoms with Crippen LogP contribution >= 0.6 is 11.3 Å². The zero-order valence-electron chi connectivity index (χ0n) is 21.6. The van der Waals surface area contributed by atoms with Crippen molar-refractivity contribution < 1.29 is 9.47 Å². The Kier molecular flexibility index (Phi) is 6.86. The Morgan fingerprint density at radius 3 is 2.75 bits per heavy atom. The molecule has 6 heteroatoms. The fourth-order valence-electron chi connectivity index (χ4n) is 6.12. The van der Waals surface area contributed by atoms with Crippen LogP contribution in [0.3, 0.4) is 0 Å². The van der Waals surface area contributed by atoms with Crippen LogP contribution in [-0.4, -0.2) is 55.9 Å². The van der Waals surface area contributed by atoms with Crippen molar-refractivity contribution in [2.45, 2.75) is 46.1 Å². The molecule has 2 aromatic carbocycles. The number of rotatable bonds is 7. The summed E-state index contributed by atoms with van der Waals surface area (Å²) in [6.45, 7) is 12.5. The number of aromatic nitrogens is 1. The van der Waals surface area contributed by atoms with Gasteiger partial charge in [0.1, 0.15) is 10.8 Å². The van der Waals surface area contributed by atoms with Crippen molar-refractivity contribution in [1.29, 1.82) is 0 Å². The highest BCUT2D eigenvalue weighted by molar-refractivity contribution is 7.15. The minimum absolute atomic E-state index is 0.438. The first-order valence-electron chi connectivity index (χ1n) is 13.4. The summed E-state index contributed by atoms with van der Waals surface area (Å²) in [5.41, 5.74) is 7.92. The second-order valence-corrected chi connectivity index (χ2v) is 11.8. The molecule has 0 amide bonds. The van der Waals surface area contributed by atoms with E-state index in [0.717, 1.165) is 63.1 Å². The van der Waals surface area contributed by atoms with Gasteiger partial charge in [-0.3, -0.25) is 0 Å². The molecule has 4 heterocycles. The predicted octanol–water partition coefficient (Wildman–Crippen LogP) is 5.62. The molecule has 1 spiro atoms. The molecule has 3 aliphatic heterocycles. The van der Waals surface area contributed by atoms with Gasteiger partial charge in [-0.25, -0.2) is 4.98 Å². The molecule has 190 valence electrons. The summed E-state index contributed by atoms with van der Waals surface area (Å²) in [6, 6.07) is 13.1. The summed E-state index contributed by atoms with van der Waals surface area (Å²) < 4.78 is 12.0. The number of likely N-dealkylation sites (tertiary alicyclic amines) is 1. The SMILES string of the molecule is Cc1c(OCCCN2CCC3(CCOC3)C2)cccc1-c1cccc(-c2nc3c(s2)CCNC3)c1C. The Bertz CT molecular complexity index is 1210. The number of hydrogen-bond acceptors (Lipinski definition) is 6. The van der Waals surface area contributed by atoms with Crippen molar-refractivity contribution in [3.63, 3.8) is 0 Å². The first-order chi connectivity index (χ1) is 17.6. The van der Waals surface area contributed by atoms with Crippen LogP contribution in [0.5, 0.6) is 5.75 Å². The standard InChI is InChI=1S/C30H37N3O2S/c1-21-23(6-3-8-25(21)29-32-26-18-31-13-10-28(26)36-29)24-7-4-9-27(22(24)2)35-16-5-14-33-15-11-30(19-33)12-17-34-20-30/h3-4,6-9,31H,5,10-20H2,1-2H3. The molecule has 1 atom stereocenters. The van der Waals surface area contributed by atoms with Crippen molar-refractivity contribution in [2.24, 2.45) is 5.41 Å². The third-order valence-electron chi connectivity index (χ3n) is 8.32. The van der Waals surface area contributed by atoms with Gasteiger partial charge in [-0.1, -0.05) is 30.3 Å². The maximum absolute atomic E-state index is 6.32. The number of nitrogens with one attached hydrogen (secondary N) is 1. The van der Waals surface area contributed by atoms with E-state index in [0.29, 0.717) is 5.41 Å². The molecule has 2 saturated heterocycles. The van der Waals surface area contributed by atoms with Crippen molar-refractivity contribution in [3.8, 4) is 27.4 Å². The third kappa shape index (κ3) is 4.72. The highest BCUT2D eigenvalue weighted by Gasteiger charge is 2.40. The van der Waals surface area contributed by atoms with Crippen LogP contribution in [0.1, 0.15) is 41.0 Å². The van der Waals surface area contributed by atoms with Gasteiger partial charge in [-0.05, 0) is 74.4 Å². The summed E-state index contributed by atoms with van der Waals surface area (Å²) in [4.78, 5) is 9.01. The highest BCUT2D eigenvalue weighted by Crippen LogP contribution is 2.39. The number of thiazole rings is 1. The fraction of sp³-hybridized carbons (Fsp3) is 0.500. The Morgan fingerprint density at radius 2 is 1.92 bits per heavy atom. The van der Waals surface area contributed by atoms with Gasteiger partial charge < -0.3 is 19.7 Å². The normalized spacial score (nSPS) is 21.8. The molecule has 1 N–H and O–H groups in total. The van der Waals surface area contributed by atoms with Gasteiger partial charge in [0, 0.05) is 48.6 Å². The Morgan fingerprint density at radius 1 is 1.08 bits per heavy atom. The molecular weight excluding hydrogens is 466 g/mol. The van der Waals surface area contributed by atoms with Gasteiger partial charge >= 0.3 is 0 Å². The van der Waals surface area contributed by atoms with Gasteiger partial charge in [0.2, 0.25) is 0 Å². The Balaban J connectivity index is 1.13. The fourth-order valence-corrected chi connectivity index (χ4v) is 7.28. The van der Waals surface area contributed by atoms with Gasteiger partial charge in [0.05, 0.1) is 18.9 Å². The molecule has 1 unspecified atom stereocenters. The molecule has 2 fully saturated rings. The van der Waals surface area contributed by atoms with E-state index >= 15 is 0 Å². The van der Waals surface area contributed by atoms with E-state index in [4.69, 9.17) is 14.5 Å². The number of ether oxygens (including phenoxy) is 2. The van der Waals surface area contributed by atoms with Crippen LogP contribution in [0.25, 0.3) is 21.7 Å². The minimum atomic E-state index is 0.438. The van der Waals surface area contributed by atoms with E-state index in [2.05, 4.69) is 60.5 Å². The summed E-state index contributed by atoms with van der Waals surface area (Å²) >= 11 is 1.86. The summed E-state index contributed by atoms with van der Waals surface area (Å²) in [5, 5.41) is 4.58. The number of hydrogen-bond donors (Lipinski definition) is 1. The summed E-state index contributed by atoms with van der Waals surface area (Å²) in [6.07, 6.45) is 4.65. The van der Waals surface area contributed by atoms with Gasteiger partial charge in [0.15, 0.2) is 0 Å². The molecule has 6 rings (SSSR count). The second-order valence-electron chi connectivity index (χ2n) is 10.8. The molecule has 3 aliphatic rings. The first-order valence-corrected chi connectivity index (χ1v) is 14.3. The van der Waals surface area contributed by atoms with Gasteiger partial charge in [-0.2, -0.15) is 0 Å². The van der Waals surface area contributed by atoms with Crippen LogP contribution in [-0.2, 0) is 17.7 Å². The monoisotopic (exact) mass is 503 g/mol. The van der Waals surface area contributed by atoms with E-state index in [9.17, 15) is 0 Å². The first kappa shape index (κ1) is 24.1. The lowest BCUT2D eigenvalue weighted by molar-refractivity contribution is 0.151. The molecule has 36 heavy (non-hydrogen) atoms. The van der Waals surface area contributed by atoms with Crippen molar-refractivity contribution in [3.05, 3.63) is 58.1 Å². The summed E-state index contributed by atoms with van der Waals surface area (Å²) in [5.74, 6) is 0.996. The zero-order valence-corrected chi connectivity index (χ0v) is 22.4. The second kappa shape index (κ2) is 10.3. The van der Waals surface area contributed by atoms with Crippen LogP contribution in [0, 0.1) is 19.3 Å². The predicted molar refractivity (Wildman–Crippen MR) is 147 cm³/mol. The maximum atomic E-state index is 6.32. The van der Waals surface area contributed by atoms with Gasteiger partial charge in [0.25, 0.3) is 0 Å². The van der Waals surface area contributed by atoms with Crippen LogP contribution in [0.15, 0.2) is 36.4 Å². The number of nitrogens with zero attached hydrogens (tertiary/aromatic N) is 2. The third-order valence-corrected chi connectivity index (χ3v) is 9.51. The van der Waals surface area contributed by atoms with E-state index in [-0.39, 0.29) is 0 Å². The topological polar surface area (TPSA) is 46.6 Å². The van der Waals surface area contributed by atoms with Crippen LogP contribution in [0.4, 0.5) is 0 Å². The molecule has 3 aromatic rings. The van der Waals surface area contributed by atoms with E-state index in [1.54, 1.807) is 0 Å². The zero-order chi connectivity index (χ0) is 24.5.